The van der Waals surface area contributed by atoms with Crippen molar-refractivity contribution in [3.05, 3.63) is 59.7 Å². The molecule has 0 radical (unpaired) electrons. The summed E-state index contributed by atoms with van der Waals surface area (Å²) in [5.74, 6) is 0.934. The lowest BCUT2D eigenvalue weighted by atomic mass is 10.0. The van der Waals surface area contributed by atoms with E-state index < -0.39 is 11.7 Å². The van der Waals surface area contributed by atoms with Gasteiger partial charge in [-0.25, -0.2) is 0 Å². The van der Waals surface area contributed by atoms with Crippen LogP contribution in [0.4, 0.5) is 13.2 Å². The first kappa shape index (κ1) is 23.6. The van der Waals surface area contributed by atoms with Crippen LogP contribution >= 0.6 is 0 Å². The second-order valence-corrected chi connectivity index (χ2v) is 7.50. The number of hydrogen-bond acceptors (Lipinski definition) is 4. The monoisotopic (exact) mass is 424 g/mol. The number of benzene rings is 2. The largest absolute Gasteiger partial charge is 0.490 e. The first-order valence-electron chi connectivity index (χ1n) is 9.79. The number of hydrogen-bond donors (Lipinski definition) is 0. The van der Waals surface area contributed by atoms with Crippen molar-refractivity contribution in [2.75, 3.05) is 0 Å². The molecule has 0 saturated heterocycles. The third kappa shape index (κ3) is 7.61. The van der Waals surface area contributed by atoms with Gasteiger partial charge in [0, 0.05) is 5.92 Å². The van der Waals surface area contributed by atoms with Gasteiger partial charge < -0.3 is 14.2 Å². The minimum atomic E-state index is -4.35. The maximum Gasteiger partial charge on any atom is 0.416 e. The van der Waals surface area contributed by atoms with Crippen molar-refractivity contribution in [2.45, 2.75) is 59.1 Å². The Bertz CT molecular complexity index is 799. The minimum absolute atomic E-state index is 0.0214. The van der Waals surface area contributed by atoms with Crippen molar-refractivity contribution < 1.29 is 32.2 Å². The molecule has 7 heteroatoms. The number of ether oxygens (including phenoxy) is 3. The lowest BCUT2D eigenvalue weighted by molar-refractivity contribution is -0.149. The second-order valence-electron chi connectivity index (χ2n) is 7.50. The first-order valence-corrected chi connectivity index (χ1v) is 9.79. The summed E-state index contributed by atoms with van der Waals surface area (Å²) in [5, 5.41) is 0. The SMILES string of the molecule is CC(C)OC(=O)CC(C)C(C)Oc1ccc(OCc2ccc(C(F)(F)F)cc2)cc1. The van der Waals surface area contributed by atoms with E-state index in [0.717, 1.165) is 12.1 Å². The Balaban J connectivity index is 1.83. The molecule has 2 rings (SSSR count). The van der Waals surface area contributed by atoms with Crippen molar-refractivity contribution in [1.29, 1.82) is 0 Å². The molecule has 0 spiro atoms. The second kappa shape index (κ2) is 10.4. The van der Waals surface area contributed by atoms with E-state index in [1.165, 1.54) is 12.1 Å². The molecule has 0 aliphatic rings. The van der Waals surface area contributed by atoms with E-state index >= 15 is 0 Å². The number of esters is 1. The summed E-state index contributed by atoms with van der Waals surface area (Å²) in [4.78, 5) is 11.8. The van der Waals surface area contributed by atoms with Gasteiger partial charge >= 0.3 is 12.1 Å². The van der Waals surface area contributed by atoms with E-state index in [-0.39, 0.29) is 37.1 Å². The van der Waals surface area contributed by atoms with E-state index in [4.69, 9.17) is 14.2 Å². The summed E-state index contributed by atoms with van der Waals surface area (Å²) in [6.07, 6.45) is -4.41. The van der Waals surface area contributed by atoms with Crippen LogP contribution in [0.15, 0.2) is 48.5 Å². The highest BCUT2D eigenvalue weighted by atomic mass is 19.4. The number of alkyl halides is 3. The zero-order valence-electron chi connectivity index (χ0n) is 17.5. The highest BCUT2D eigenvalue weighted by Crippen LogP contribution is 2.29. The topological polar surface area (TPSA) is 44.8 Å². The maximum atomic E-state index is 12.6. The Hall–Kier alpha value is -2.70. The molecule has 164 valence electrons. The molecule has 0 aliphatic carbocycles. The highest BCUT2D eigenvalue weighted by molar-refractivity contribution is 5.69. The lowest BCUT2D eigenvalue weighted by Crippen LogP contribution is -2.25. The van der Waals surface area contributed by atoms with Crippen LogP contribution in [0.5, 0.6) is 11.5 Å². The van der Waals surface area contributed by atoms with Gasteiger partial charge in [-0.05, 0) is 62.7 Å². The molecule has 0 saturated carbocycles. The van der Waals surface area contributed by atoms with E-state index in [1.54, 1.807) is 24.3 Å². The van der Waals surface area contributed by atoms with E-state index in [0.29, 0.717) is 17.1 Å². The standard InChI is InChI=1S/C23H27F3O4/c1-15(2)29-22(27)13-16(3)17(4)30-21-11-9-20(10-12-21)28-14-18-5-7-19(8-6-18)23(24,25)26/h5-12,15-17H,13-14H2,1-4H3. The Morgan fingerprint density at radius 2 is 1.47 bits per heavy atom. The summed E-state index contributed by atoms with van der Waals surface area (Å²) in [6, 6.07) is 11.8. The van der Waals surface area contributed by atoms with Crippen LogP contribution in [0.3, 0.4) is 0 Å². The van der Waals surface area contributed by atoms with Gasteiger partial charge in [0.2, 0.25) is 0 Å². The van der Waals surface area contributed by atoms with Crippen LogP contribution in [0.25, 0.3) is 0 Å². The predicted octanol–water partition coefficient (Wildman–Crippen LogP) is 6.03. The normalized spacial score (nSPS) is 13.6. The maximum absolute atomic E-state index is 12.6. The molecule has 2 aromatic carbocycles. The summed E-state index contributed by atoms with van der Waals surface area (Å²) in [7, 11) is 0. The summed E-state index contributed by atoms with van der Waals surface area (Å²) in [6.45, 7) is 7.59. The summed E-state index contributed by atoms with van der Waals surface area (Å²) < 4.78 is 54.4. The molecule has 0 aliphatic heterocycles. The molecule has 0 aromatic heterocycles. The fraction of sp³-hybridized carbons (Fsp3) is 0.435. The quantitative estimate of drug-likeness (QED) is 0.461. The first-order chi connectivity index (χ1) is 14.0. The molecular weight excluding hydrogens is 397 g/mol. The average Bonchev–Trinajstić information content (AvgIpc) is 2.66. The van der Waals surface area contributed by atoms with Crippen LogP contribution in [-0.2, 0) is 22.3 Å². The van der Waals surface area contributed by atoms with Crippen molar-refractivity contribution >= 4 is 5.97 Å². The van der Waals surface area contributed by atoms with Crippen LogP contribution in [0.1, 0.15) is 45.2 Å². The third-order valence-electron chi connectivity index (χ3n) is 4.49. The van der Waals surface area contributed by atoms with Gasteiger partial charge in [0.15, 0.2) is 0 Å². The number of carbonyl (C=O) groups is 1. The molecule has 0 N–H and O–H groups in total. The molecule has 0 fully saturated rings. The summed E-state index contributed by atoms with van der Waals surface area (Å²) >= 11 is 0. The molecule has 2 aromatic rings. The average molecular weight is 424 g/mol. The molecule has 0 amide bonds. The Kier molecular flexibility index (Phi) is 8.15. The number of rotatable bonds is 9. The summed E-state index contributed by atoms with van der Waals surface area (Å²) in [5.41, 5.74) is -0.0485. The molecule has 2 unspecified atom stereocenters. The highest BCUT2D eigenvalue weighted by Gasteiger charge is 2.29. The van der Waals surface area contributed by atoms with Crippen LogP contribution in [-0.4, -0.2) is 18.2 Å². The van der Waals surface area contributed by atoms with Crippen molar-refractivity contribution in [3.8, 4) is 11.5 Å². The molecule has 0 bridgehead atoms. The molecule has 0 heterocycles. The Morgan fingerprint density at radius 3 is 2.00 bits per heavy atom. The zero-order valence-corrected chi connectivity index (χ0v) is 17.5. The number of halogens is 3. The number of carbonyl (C=O) groups excluding carboxylic acids is 1. The molecule has 4 nitrogen and oxygen atoms in total. The fourth-order valence-electron chi connectivity index (χ4n) is 2.64. The third-order valence-corrected chi connectivity index (χ3v) is 4.49. The predicted molar refractivity (Wildman–Crippen MR) is 107 cm³/mol. The Labute approximate surface area is 175 Å². The van der Waals surface area contributed by atoms with Gasteiger partial charge in [0.1, 0.15) is 18.1 Å². The van der Waals surface area contributed by atoms with Crippen LogP contribution < -0.4 is 9.47 Å². The molecule has 2 atom stereocenters. The van der Waals surface area contributed by atoms with Crippen LogP contribution in [0.2, 0.25) is 0 Å². The van der Waals surface area contributed by atoms with Crippen molar-refractivity contribution in [2.24, 2.45) is 5.92 Å². The van der Waals surface area contributed by atoms with Gasteiger partial charge in [0.25, 0.3) is 0 Å². The van der Waals surface area contributed by atoms with Crippen LogP contribution in [0, 0.1) is 5.92 Å². The zero-order chi connectivity index (χ0) is 22.3. The van der Waals surface area contributed by atoms with E-state index in [2.05, 4.69) is 0 Å². The van der Waals surface area contributed by atoms with Gasteiger partial charge in [0.05, 0.1) is 24.2 Å². The molecular formula is C23H27F3O4. The van der Waals surface area contributed by atoms with Gasteiger partial charge in [-0.1, -0.05) is 19.1 Å². The van der Waals surface area contributed by atoms with E-state index in [9.17, 15) is 18.0 Å². The van der Waals surface area contributed by atoms with Gasteiger partial charge in [-0.2, -0.15) is 13.2 Å². The molecule has 30 heavy (non-hydrogen) atoms. The Morgan fingerprint density at radius 1 is 0.900 bits per heavy atom. The van der Waals surface area contributed by atoms with Crippen molar-refractivity contribution in [1.82, 2.24) is 0 Å². The fourth-order valence-corrected chi connectivity index (χ4v) is 2.64. The minimum Gasteiger partial charge on any atom is -0.490 e. The van der Waals surface area contributed by atoms with Crippen molar-refractivity contribution in [3.63, 3.8) is 0 Å². The van der Waals surface area contributed by atoms with Gasteiger partial charge in [-0.15, -0.1) is 0 Å². The smallest absolute Gasteiger partial charge is 0.416 e. The lowest BCUT2D eigenvalue weighted by Gasteiger charge is -2.21. The van der Waals surface area contributed by atoms with Gasteiger partial charge in [-0.3, -0.25) is 4.79 Å². The van der Waals surface area contributed by atoms with E-state index in [1.807, 2.05) is 27.7 Å².